The third kappa shape index (κ3) is 2.93. The van der Waals surface area contributed by atoms with Gasteiger partial charge in [0.25, 0.3) is 5.91 Å². The van der Waals surface area contributed by atoms with Gasteiger partial charge in [-0.1, -0.05) is 11.6 Å². The van der Waals surface area contributed by atoms with E-state index in [9.17, 15) is 4.79 Å². The van der Waals surface area contributed by atoms with Crippen LogP contribution in [0.5, 0.6) is 11.5 Å². The highest BCUT2D eigenvalue weighted by molar-refractivity contribution is 5.95. The van der Waals surface area contributed by atoms with Crippen LogP contribution in [0.2, 0.25) is 0 Å². The minimum atomic E-state index is -0.105. The van der Waals surface area contributed by atoms with Gasteiger partial charge in [0.2, 0.25) is 6.79 Å². The summed E-state index contributed by atoms with van der Waals surface area (Å²) >= 11 is 0. The first-order chi connectivity index (χ1) is 12.1. The van der Waals surface area contributed by atoms with Crippen LogP contribution in [-0.2, 0) is 6.42 Å². The maximum Gasteiger partial charge on any atom is 0.251 e. The average Bonchev–Trinajstić information content (AvgIpc) is 3.18. The van der Waals surface area contributed by atoms with Crippen LogP contribution in [0.4, 0.5) is 0 Å². The molecule has 1 aliphatic rings. The Morgan fingerprint density at radius 3 is 2.84 bits per heavy atom. The van der Waals surface area contributed by atoms with Crippen molar-refractivity contribution in [3.63, 3.8) is 0 Å². The predicted octanol–water partition coefficient (Wildman–Crippen LogP) is 3.49. The van der Waals surface area contributed by atoms with E-state index in [2.05, 4.69) is 42.3 Å². The summed E-state index contributed by atoms with van der Waals surface area (Å²) in [4.78, 5) is 15.8. The number of carbonyl (C=O) groups is 1. The molecule has 1 amide bonds. The van der Waals surface area contributed by atoms with Crippen molar-refractivity contribution in [3.05, 3.63) is 58.8 Å². The largest absolute Gasteiger partial charge is 0.454 e. The summed E-state index contributed by atoms with van der Waals surface area (Å²) in [6.07, 6.45) is 0.783. The van der Waals surface area contributed by atoms with Crippen molar-refractivity contribution < 1.29 is 14.3 Å². The second kappa shape index (κ2) is 6.16. The second-order valence-corrected chi connectivity index (χ2v) is 6.35. The molecule has 2 aromatic carbocycles. The third-order valence-electron chi connectivity index (χ3n) is 4.57. The van der Waals surface area contributed by atoms with E-state index < -0.39 is 0 Å². The van der Waals surface area contributed by atoms with Crippen molar-refractivity contribution in [2.45, 2.75) is 20.3 Å². The molecule has 5 heteroatoms. The van der Waals surface area contributed by atoms with Gasteiger partial charge in [0, 0.05) is 28.7 Å². The van der Waals surface area contributed by atoms with Crippen LogP contribution in [0.15, 0.2) is 36.4 Å². The van der Waals surface area contributed by atoms with Gasteiger partial charge in [-0.3, -0.25) is 4.79 Å². The van der Waals surface area contributed by atoms with Gasteiger partial charge in [0.05, 0.1) is 0 Å². The summed E-state index contributed by atoms with van der Waals surface area (Å²) in [6, 6.07) is 11.6. The van der Waals surface area contributed by atoms with E-state index in [1.807, 2.05) is 0 Å². The number of benzene rings is 2. The van der Waals surface area contributed by atoms with Gasteiger partial charge < -0.3 is 19.8 Å². The number of H-pyrrole nitrogens is 1. The van der Waals surface area contributed by atoms with Gasteiger partial charge in [-0.25, -0.2) is 0 Å². The van der Waals surface area contributed by atoms with Crippen LogP contribution in [0.1, 0.15) is 27.2 Å². The zero-order chi connectivity index (χ0) is 17.4. The number of aryl methyl sites for hydroxylation is 2. The quantitative estimate of drug-likeness (QED) is 0.767. The number of aromatic nitrogens is 1. The molecular weight excluding hydrogens is 316 g/mol. The van der Waals surface area contributed by atoms with Crippen LogP contribution in [0.25, 0.3) is 10.9 Å². The summed E-state index contributed by atoms with van der Waals surface area (Å²) < 4.78 is 10.6. The Morgan fingerprint density at radius 1 is 1.12 bits per heavy atom. The third-order valence-corrected chi connectivity index (χ3v) is 4.57. The Balaban J connectivity index is 1.45. The van der Waals surface area contributed by atoms with E-state index in [0.717, 1.165) is 17.6 Å². The molecule has 0 radical (unpaired) electrons. The van der Waals surface area contributed by atoms with Crippen LogP contribution in [0, 0.1) is 13.8 Å². The Hall–Kier alpha value is -2.95. The van der Waals surface area contributed by atoms with Crippen molar-refractivity contribution in [1.29, 1.82) is 0 Å². The van der Waals surface area contributed by atoms with Gasteiger partial charge >= 0.3 is 0 Å². The fourth-order valence-electron chi connectivity index (χ4n) is 3.26. The number of hydrogen-bond donors (Lipinski definition) is 2. The zero-order valence-corrected chi connectivity index (χ0v) is 14.3. The number of rotatable bonds is 4. The fourth-order valence-corrected chi connectivity index (χ4v) is 3.26. The van der Waals surface area contributed by atoms with E-state index in [1.54, 1.807) is 18.2 Å². The minimum Gasteiger partial charge on any atom is -0.454 e. The molecule has 3 aromatic rings. The lowest BCUT2D eigenvalue weighted by atomic mass is 10.1. The van der Waals surface area contributed by atoms with Crippen molar-refractivity contribution in [3.8, 4) is 11.5 Å². The minimum absolute atomic E-state index is 0.105. The molecule has 2 N–H and O–H groups in total. The zero-order valence-electron chi connectivity index (χ0n) is 14.3. The Bertz CT molecular complexity index is 959. The van der Waals surface area contributed by atoms with Gasteiger partial charge in [-0.15, -0.1) is 0 Å². The van der Waals surface area contributed by atoms with Crippen molar-refractivity contribution in [2.75, 3.05) is 13.3 Å². The number of carbonyl (C=O) groups excluding carboxylic acids is 1. The van der Waals surface area contributed by atoms with Crippen LogP contribution in [-0.4, -0.2) is 24.2 Å². The molecule has 25 heavy (non-hydrogen) atoms. The summed E-state index contributed by atoms with van der Waals surface area (Å²) in [5.41, 5.74) is 5.36. The molecule has 0 bridgehead atoms. The normalized spacial score (nSPS) is 12.6. The van der Waals surface area contributed by atoms with Crippen LogP contribution in [0.3, 0.4) is 0 Å². The van der Waals surface area contributed by atoms with E-state index in [-0.39, 0.29) is 12.7 Å². The molecule has 0 unspecified atom stereocenters. The summed E-state index contributed by atoms with van der Waals surface area (Å²) in [7, 11) is 0. The Labute approximate surface area is 146 Å². The first-order valence-electron chi connectivity index (χ1n) is 8.37. The Morgan fingerprint density at radius 2 is 1.96 bits per heavy atom. The standard InChI is InChI=1S/C20H20N2O3/c1-12-3-5-17-16(9-12)15(13(2)22-17)7-8-21-20(23)14-4-6-18-19(10-14)25-11-24-18/h3-6,9-10,22H,7-8,11H2,1-2H3,(H,21,23). The van der Waals surface area contributed by atoms with Crippen molar-refractivity contribution in [1.82, 2.24) is 10.3 Å². The topological polar surface area (TPSA) is 63.4 Å². The second-order valence-electron chi connectivity index (χ2n) is 6.35. The average molecular weight is 336 g/mol. The monoisotopic (exact) mass is 336 g/mol. The van der Waals surface area contributed by atoms with E-state index in [1.165, 1.54) is 16.5 Å². The predicted molar refractivity (Wildman–Crippen MR) is 96.4 cm³/mol. The highest BCUT2D eigenvalue weighted by Gasteiger charge is 2.16. The first kappa shape index (κ1) is 15.6. The molecule has 0 saturated heterocycles. The number of ether oxygens (including phenoxy) is 2. The molecule has 0 atom stereocenters. The Kier molecular flexibility index (Phi) is 3.84. The molecule has 0 spiro atoms. The van der Waals surface area contributed by atoms with Crippen LogP contribution >= 0.6 is 0 Å². The maximum absolute atomic E-state index is 12.4. The molecule has 0 aliphatic carbocycles. The van der Waals surface area contributed by atoms with E-state index >= 15 is 0 Å². The molecule has 1 aromatic heterocycles. The van der Waals surface area contributed by atoms with Gasteiger partial charge in [-0.05, 0) is 56.2 Å². The molecule has 2 heterocycles. The highest BCUT2D eigenvalue weighted by atomic mass is 16.7. The summed E-state index contributed by atoms with van der Waals surface area (Å²) in [6.45, 7) is 4.95. The summed E-state index contributed by atoms with van der Waals surface area (Å²) in [5, 5.41) is 4.22. The lowest BCUT2D eigenvalue weighted by Crippen LogP contribution is -2.25. The van der Waals surface area contributed by atoms with Gasteiger partial charge in [-0.2, -0.15) is 0 Å². The molecule has 0 fully saturated rings. The van der Waals surface area contributed by atoms with Crippen molar-refractivity contribution >= 4 is 16.8 Å². The first-order valence-corrected chi connectivity index (χ1v) is 8.37. The molecular formula is C20H20N2O3. The van der Waals surface area contributed by atoms with Crippen molar-refractivity contribution in [2.24, 2.45) is 0 Å². The van der Waals surface area contributed by atoms with Gasteiger partial charge in [0.1, 0.15) is 0 Å². The highest BCUT2D eigenvalue weighted by Crippen LogP contribution is 2.32. The lowest BCUT2D eigenvalue weighted by Gasteiger charge is -2.07. The molecule has 128 valence electrons. The maximum atomic E-state index is 12.4. The number of amides is 1. The molecule has 4 rings (SSSR count). The molecule has 0 saturated carbocycles. The number of fused-ring (bicyclic) bond motifs is 2. The molecule has 1 aliphatic heterocycles. The molecule has 5 nitrogen and oxygen atoms in total. The number of nitrogens with one attached hydrogen (secondary N) is 2. The van der Waals surface area contributed by atoms with Crippen LogP contribution < -0.4 is 14.8 Å². The fraction of sp³-hybridized carbons (Fsp3) is 0.250. The lowest BCUT2D eigenvalue weighted by molar-refractivity contribution is 0.0953. The van der Waals surface area contributed by atoms with Gasteiger partial charge in [0.15, 0.2) is 11.5 Å². The van der Waals surface area contributed by atoms with E-state index in [0.29, 0.717) is 23.6 Å². The smallest absolute Gasteiger partial charge is 0.251 e. The summed E-state index contributed by atoms with van der Waals surface area (Å²) in [5.74, 6) is 1.20. The SMILES string of the molecule is Cc1ccc2[nH]c(C)c(CCNC(=O)c3ccc4c(c3)OCO4)c2c1. The number of hydrogen-bond acceptors (Lipinski definition) is 3. The van der Waals surface area contributed by atoms with E-state index in [4.69, 9.17) is 9.47 Å². The number of aromatic amines is 1.